The van der Waals surface area contributed by atoms with Gasteiger partial charge in [-0.15, -0.1) is 0 Å². The number of sulfonamides is 1. The van der Waals surface area contributed by atoms with Crippen molar-refractivity contribution in [2.75, 3.05) is 49.5 Å². The number of fused-ring (bicyclic) bond motifs is 2. The Morgan fingerprint density at radius 3 is 2.51 bits per heavy atom. The van der Waals surface area contributed by atoms with Gasteiger partial charge in [0, 0.05) is 94.5 Å². The molecule has 0 bridgehead atoms. The van der Waals surface area contributed by atoms with Crippen molar-refractivity contribution in [2.45, 2.75) is 101 Å². The molecule has 67 heavy (non-hydrogen) atoms. The van der Waals surface area contributed by atoms with Crippen molar-refractivity contribution >= 4 is 55.4 Å². The number of piperidine rings is 2. The highest BCUT2D eigenvalue weighted by molar-refractivity contribution is 7.90. The average Bonchev–Trinajstić information content (AvgIpc) is 4.10. The summed E-state index contributed by atoms with van der Waals surface area (Å²) in [7, 11) is -4.69. The van der Waals surface area contributed by atoms with Crippen LogP contribution in [0.2, 0.25) is 0 Å². The van der Waals surface area contributed by atoms with E-state index >= 15 is 4.39 Å². The summed E-state index contributed by atoms with van der Waals surface area (Å²) in [6, 6.07) is 16.3. The number of anilines is 2. The van der Waals surface area contributed by atoms with Gasteiger partial charge in [-0.3, -0.25) is 14.5 Å². The largest absolute Gasteiger partial charge is 0.506 e. The Hall–Kier alpha value is -6.27. The van der Waals surface area contributed by atoms with Gasteiger partial charge in [0.1, 0.15) is 56.0 Å². The number of benzene rings is 2. The van der Waals surface area contributed by atoms with Crippen molar-refractivity contribution in [1.29, 1.82) is 0 Å². The van der Waals surface area contributed by atoms with Crippen molar-refractivity contribution in [3.8, 4) is 17.2 Å². The zero-order valence-corrected chi connectivity index (χ0v) is 38.8. The van der Waals surface area contributed by atoms with Gasteiger partial charge in [-0.25, -0.2) is 32.5 Å². The molecule has 1 aliphatic carbocycles. The van der Waals surface area contributed by atoms with E-state index in [1.165, 1.54) is 62.5 Å². The van der Waals surface area contributed by atoms with Gasteiger partial charge in [0.15, 0.2) is 0 Å². The number of phenolic OH excluding ortho intramolecular Hbond substituents is 1. The molecule has 1 atom stereocenters. The van der Waals surface area contributed by atoms with Gasteiger partial charge >= 0.3 is 0 Å². The number of aromatic hydroxyl groups is 1. The molecule has 352 valence electrons. The van der Waals surface area contributed by atoms with E-state index in [0.29, 0.717) is 35.2 Å². The van der Waals surface area contributed by atoms with Crippen LogP contribution in [0.4, 0.5) is 15.9 Å². The first-order valence-electron chi connectivity index (χ1n) is 23.3. The smallest absolute Gasteiger partial charge is 0.270 e. The Bertz CT molecular complexity index is 2950. The molecule has 5 N–H and O–H groups in total. The van der Waals surface area contributed by atoms with Crippen LogP contribution >= 0.6 is 0 Å². The van der Waals surface area contributed by atoms with Gasteiger partial charge in [-0.2, -0.15) is 0 Å². The first kappa shape index (κ1) is 44.6. The molecule has 7 heterocycles. The standard InChI is InChI=1S/C49H57FN10O6S/c1-30(2)35-7-4-5-8-36(35)38-9-6-16-60(38)33-24-48(25-33)11-17-59(18-12-48)42-23-40(66-34-21-32-10-15-51-46(32)53-26-34)37(27-52-42)47(63)57-67(64,65)41-22-39(62)43(45-44(41)55-29-56-45)54-28-49(50)13-19-58(20-14-49)31(3)61/h4-5,7-8,10,15,21-23,26-27,29-30,33,38,54,62H,6,9,11-14,16-20,24-25,28H2,1-3H3,(H,51,53)(H,55,56)(H,57,63)/t38-/m0/s1. The van der Waals surface area contributed by atoms with Gasteiger partial charge in [0.05, 0.1) is 18.0 Å². The summed E-state index contributed by atoms with van der Waals surface area (Å²) < 4.78 is 52.4. The van der Waals surface area contributed by atoms with Crippen LogP contribution < -0.4 is 19.7 Å². The fourth-order valence-corrected chi connectivity index (χ4v) is 12.1. The first-order valence-corrected chi connectivity index (χ1v) is 24.8. The molecule has 18 heteroatoms. The third-order valence-electron chi connectivity index (χ3n) is 14.8. The number of H-pyrrole nitrogens is 2. The Morgan fingerprint density at radius 1 is 0.970 bits per heavy atom. The van der Waals surface area contributed by atoms with Crippen LogP contribution in [-0.4, -0.2) is 111 Å². The molecule has 6 aromatic rings. The molecule has 3 saturated heterocycles. The fourth-order valence-electron chi connectivity index (χ4n) is 11.0. The molecule has 2 aromatic carbocycles. The number of aromatic nitrogens is 5. The molecule has 0 unspecified atom stereocenters. The van der Waals surface area contributed by atoms with Crippen LogP contribution in [0.1, 0.15) is 106 Å². The zero-order chi connectivity index (χ0) is 46.7. The van der Waals surface area contributed by atoms with Crippen LogP contribution in [0.3, 0.4) is 0 Å². The minimum Gasteiger partial charge on any atom is -0.506 e. The van der Waals surface area contributed by atoms with Crippen molar-refractivity contribution in [1.82, 2.24) is 39.4 Å². The van der Waals surface area contributed by atoms with Crippen LogP contribution in [0.25, 0.3) is 22.1 Å². The minimum atomic E-state index is -4.69. The van der Waals surface area contributed by atoms with Crippen LogP contribution in [-0.2, 0) is 14.8 Å². The number of halogens is 1. The second kappa shape index (κ2) is 17.4. The summed E-state index contributed by atoms with van der Waals surface area (Å²) in [5.41, 5.74) is 2.13. The van der Waals surface area contributed by atoms with Crippen molar-refractivity contribution < 1.29 is 32.2 Å². The van der Waals surface area contributed by atoms with E-state index in [2.05, 4.69) is 77.9 Å². The second-order valence-electron chi connectivity index (χ2n) is 19.3. The Balaban J connectivity index is 0.852. The quantitative estimate of drug-likeness (QED) is 0.0744. The highest BCUT2D eigenvalue weighted by Gasteiger charge is 2.50. The number of nitrogens with one attached hydrogen (secondary N) is 4. The number of pyridine rings is 2. The normalized spacial score (nSPS) is 19.9. The Morgan fingerprint density at radius 2 is 1.75 bits per heavy atom. The molecule has 1 spiro atoms. The van der Waals surface area contributed by atoms with E-state index < -0.39 is 32.2 Å². The van der Waals surface area contributed by atoms with Crippen LogP contribution in [0, 0.1) is 5.41 Å². The first-order chi connectivity index (χ1) is 32.2. The van der Waals surface area contributed by atoms with Crippen molar-refractivity contribution in [3.05, 3.63) is 90.1 Å². The minimum absolute atomic E-state index is 0.0523. The monoisotopic (exact) mass is 932 g/mol. The van der Waals surface area contributed by atoms with Crippen molar-refractivity contribution in [2.24, 2.45) is 5.41 Å². The summed E-state index contributed by atoms with van der Waals surface area (Å²) in [5.74, 6) is -0.125. The molecule has 4 aromatic heterocycles. The molecule has 4 fully saturated rings. The fraction of sp³-hybridized carbons (Fsp3) is 0.449. The maximum absolute atomic E-state index is 15.8. The number of ether oxygens (including phenoxy) is 1. The topological polar surface area (TPSA) is 202 Å². The number of imidazole rings is 1. The molecule has 10 rings (SSSR count). The van der Waals surface area contributed by atoms with Gasteiger partial charge in [-0.05, 0) is 79.7 Å². The molecule has 3 aliphatic heterocycles. The lowest BCUT2D eigenvalue weighted by Crippen LogP contribution is -2.55. The number of aromatic amines is 2. The third kappa shape index (κ3) is 8.65. The number of carbonyl (C=O) groups excluding carboxylic acids is 2. The lowest BCUT2D eigenvalue weighted by atomic mass is 9.60. The molecule has 0 radical (unpaired) electrons. The van der Waals surface area contributed by atoms with Crippen molar-refractivity contribution in [3.63, 3.8) is 0 Å². The lowest BCUT2D eigenvalue weighted by Gasteiger charge is -2.56. The second-order valence-corrected chi connectivity index (χ2v) is 20.9. The number of carbonyl (C=O) groups is 2. The predicted octanol–water partition coefficient (Wildman–Crippen LogP) is 7.92. The molecular weight excluding hydrogens is 876 g/mol. The number of amides is 2. The highest BCUT2D eigenvalue weighted by atomic mass is 32.2. The number of alkyl halides is 1. The summed E-state index contributed by atoms with van der Waals surface area (Å²) in [4.78, 5) is 51.2. The Labute approximate surface area is 388 Å². The number of rotatable bonds is 12. The number of likely N-dealkylation sites (tertiary alicyclic amines) is 2. The van der Waals surface area contributed by atoms with E-state index in [1.807, 2.05) is 6.07 Å². The summed E-state index contributed by atoms with van der Waals surface area (Å²) in [6.07, 6.45) is 12.8. The molecule has 16 nitrogen and oxygen atoms in total. The molecule has 2 amide bonds. The molecular formula is C49H57FN10O6S. The SMILES string of the molecule is CC(=O)N1CCC(F)(CNc2c(O)cc(S(=O)(=O)NC(=O)c3cnc(N4CCC5(CC4)CC(N4CCC[C@H]4c4ccccc4C(C)C)C5)cc3Oc3cnc4[nH]ccc4c3)c3nc[nH]c23)CC1. The lowest BCUT2D eigenvalue weighted by molar-refractivity contribution is -0.131. The van der Waals surface area contributed by atoms with Gasteiger partial charge in [-0.1, -0.05) is 38.1 Å². The van der Waals surface area contributed by atoms with E-state index in [-0.39, 0.29) is 71.8 Å². The van der Waals surface area contributed by atoms with E-state index in [0.717, 1.165) is 43.9 Å². The maximum Gasteiger partial charge on any atom is 0.270 e. The molecule has 4 aliphatic rings. The van der Waals surface area contributed by atoms with Gasteiger partial charge < -0.3 is 34.9 Å². The number of phenols is 1. The average molecular weight is 933 g/mol. The van der Waals surface area contributed by atoms with E-state index in [4.69, 9.17) is 9.72 Å². The van der Waals surface area contributed by atoms with Gasteiger partial charge in [0.25, 0.3) is 15.9 Å². The number of hydrogen-bond donors (Lipinski definition) is 5. The molecule has 1 saturated carbocycles. The van der Waals surface area contributed by atoms with Gasteiger partial charge in [0.2, 0.25) is 5.91 Å². The predicted molar refractivity (Wildman–Crippen MR) is 253 cm³/mol. The van der Waals surface area contributed by atoms with Crippen LogP contribution in [0.5, 0.6) is 17.2 Å². The van der Waals surface area contributed by atoms with Crippen LogP contribution in [0.15, 0.2) is 78.3 Å². The Kier molecular flexibility index (Phi) is 11.6. The highest BCUT2D eigenvalue weighted by Crippen LogP contribution is 2.54. The number of nitrogens with zero attached hydrogens (tertiary/aromatic N) is 6. The number of hydrogen-bond acceptors (Lipinski definition) is 12. The summed E-state index contributed by atoms with van der Waals surface area (Å²) >= 11 is 0. The maximum atomic E-state index is 15.8. The zero-order valence-electron chi connectivity index (χ0n) is 38.0. The van der Waals surface area contributed by atoms with E-state index in [1.54, 1.807) is 23.2 Å². The summed E-state index contributed by atoms with van der Waals surface area (Å²) in [6.45, 7) is 9.00. The van der Waals surface area contributed by atoms with E-state index in [9.17, 15) is 23.1 Å². The summed E-state index contributed by atoms with van der Waals surface area (Å²) in [5, 5.41) is 14.9. The third-order valence-corrected chi connectivity index (χ3v) is 16.1.